The average molecular weight is 355 g/mol. The van der Waals surface area contributed by atoms with Crippen molar-refractivity contribution in [1.82, 2.24) is 4.90 Å². The summed E-state index contributed by atoms with van der Waals surface area (Å²) in [5.74, 6) is 0. The zero-order valence-electron chi connectivity index (χ0n) is 12.5. The molecule has 116 valence electrons. The zero-order chi connectivity index (χ0) is 14.8. The van der Waals surface area contributed by atoms with Gasteiger partial charge in [-0.1, -0.05) is 6.07 Å². The van der Waals surface area contributed by atoms with Gasteiger partial charge in [0.2, 0.25) is 0 Å². The first-order valence-corrected chi connectivity index (χ1v) is 8.48. The molecule has 2 fully saturated rings. The van der Waals surface area contributed by atoms with Crippen molar-refractivity contribution in [2.45, 2.75) is 25.5 Å². The fourth-order valence-corrected chi connectivity index (χ4v) is 3.89. The lowest BCUT2D eigenvalue weighted by Crippen LogP contribution is -2.44. The number of hydrogen-bond acceptors (Lipinski definition) is 4. The van der Waals surface area contributed by atoms with Crippen molar-refractivity contribution in [2.24, 2.45) is 0 Å². The molecule has 0 aromatic heterocycles. The van der Waals surface area contributed by atoms with Crippen molar-refractivity contribution in [1.29, 1.82) is 0 Å². The van der Waals surface area contributed by atoms with Crippen molar-refractivity contribution in [3.63, 3.8) is 0 Å². The van der Waals surface area contributed by atoms with Crippen LogP contribution in [-0.4, -0.2) is 55.4 Å². The molecule has 0 aliphatic carbocycles. The van der Waals surface area contributed by atoms with Gasteiger partial charge < -0.3 is 14.7 Å². The van der Waals surface area contributed by atoms with Crippen LogP contribution in [0.15, 0.2) is 22.7 Å². The first-order valence-electron chi connectivity index (χ1n) is 7.69. The monoisotopic (exact) mass is 354 g/mol. The van der Waals surface area contributed by atoms with Crippen molar-refractivity contribution in [3.05, 3.63) is 28.2 Å². The largest absolute Gasteiger partial charge is 0.389 e. The van der Waals surface area contributed by atoms with E-state index < -0.39 is 6.10 Å². The van der Waals surface area contributed by atoms with Crippen molar-refractivity contribution in [2.75, 3.05) is 44.3 Å². The number of rotatable bonds is 3. The van der Waals surface area contributed by atoms with E-state index in [4.69, 9.17) is 4.74 Å². The molecule has 1 N–H and O–H groups in total. The highest BCUT2D eigenvalue weighted by Gasteiger charge is 2.29. The van der Waals surface area contributed by atoms with Gasteiger partial charge in [-0.25, -0.2) is 0 Å². The van der Waals surface area contributed by atoms with Crippen LogP contribution in [0.4, 0.5) is 5.69 Å². The third-order valence-corrected chi connectivity index (χ3v) is 5.16. The molecule has 2 aliphatic heterocycles. The molecule has 3 rings (SSSR count). The number of aliphatic hydroxyl groups excluding tert-OH is 1. The Hall–Kier alpha value is -0.620. The molecule has 0 spiro atoms. The zero-order valence-corrected chi connectivity index (χ0v) is 14.1. The number of nitrogens with zero attached hydrogens (tertiary/aromatic N) is 2. The van der Waals surface area contributed by atoms with Crippen LogP contribution in [0, 0.1) is 0 Å². The molecule has 2 aliphatic rings. The van der Waals surface area contributed by atoms with E-state index in [-0.39, 0.29) is 0 Å². The molecule has 0 amide bonds. The Morgan fingerprint density at radius 2 is 2.05 bits per heavy atom. The van der Waals surface area contributed by atoms with Crippen molar-refractivity contribution >= 4 is 21.6 Å². The number of ether oxygens (including phenoxy) is 1. The summed E-state index contributed by atoms with van der Waals surface area (Å²) in [5, 5.41) is 9.66. The standard InChI is InChI=1S/C16H23BrN2O2/c1-12(20)13-2-3-16(15(17)10-13)19-5-4-14(11-19)18-6-8-21-9-7-18/h2-3,10,12,14,20H,4-9,11H2,1H3. The molecule has 0 bridgehead atoms. The molecular weight excluding hydrogens is 332 g/mol. The normalized spacial score (nSPS) is 25.3. The Labute approximate surface area is 134 Å². The fraction of sp³-hybridized carbons (Fsp3) is 0.625. The summed E-state index contributed by atoms with van der Waals surface area (Å²) in [7, 11) is 0. The molecule has 2 atom stereocenters. The summed E-state index contributed by atoms with van der Waals surface area (Å²) >= 11 is 3.66. The minimum Gasteiger partial charge on any atom is -0.389 e. The van der Waals surface area contributed by atoms with Gasteiger partial charge in [0, 0.05) is 36.7 Å². The number of aliphatic hydroxyl groups is 1. The molecule has 0 saturated carbocycles. The highest BCUT2D eigenvalue weighted by Crippen LogP contribution is 2.32. The molecule has 5 heteroatoms. The number of halogens is 1. The minimum absolute atomic E-state index is 0.421. The Bertz CT molecular complexity index is 489. The molecule has 1 aromatic rings. The van der Waals surface area contributed by atoms with Gasteiger partial charge in [-0.2, -0.15) is 0 Å². The van der Waals surface area contributed by atoms with E-state index in [1.165, 1.54) is 12.1 Å². The van der Waals surface area contributed by atoms with Crippen LogP contribution in [0.5, 0.6) is 0 Å². The number of anilines is 1. The van der Waals surface area contributed by atoms with Gasteiger partial charge in [-0.15, -0.1) is 0 Å². The Morgan fingerprint density at radius 3 is 2.71 bits per heavy atom. The lowest BCUT2D eigenvalue weighted by Gasteiger charge is -2.32. The Morgan fingerprint density at radius 1 is 1.29 bits per heavy atom. The van der Waals surface area contributed by atoms with Crippen LogP contribution in [-0.2, 0) is 4.74 Å². The maximum atomic E-state index is 9.66. The first-order chi connectivity index (χ1) is 10.1. The topological polar surface area (TPSA) is 35.9 Å². The van der Waals surface area contributed by atoms with Crippen LogP contribution in [0.2, 0.25) is 0 Å². The van der Waals surface area contributed by atoms with Crippen LogP contribution in [0.25, 0.3) is 0 Å². The third-order valence-electron chi connectivity index (χ3n) is 4.52. The second kappa shape index (κ2) is 6.65. The predicted molar refractivity (Wildman–Crippen MR) is 87.8 cm³/mol. The van der Waals surface area contributed by atoms with Crippen LogP contribution in [0.3, 0.4) is 0 Å². The Kier molecular flexibility index (Phi) is 4.84. The second-order valence-electron chi connectivity index (χ2n) is 5.92. The number of benzene rings is 1. The molecule has 4 nitrogen and oxygen atoms in total. The Balaban J connectivity index is 1.68. The predicted octanol–water partition coefficient (Wildman–Crippen LogP) is 2.41. The summed E-state index contributed by atoms with van der Waals surface area (Å²) in [6.45, 7) is 7.81. The third kappa shape index (κ3) is 3.42. The summed E-state index contributed by atoms with van der Waals surface area (Å²) in [6, 6.07) is 6.81. The van der Waals surface area contributed by atoms with E-state index >= 15 is 0 Å². The van der Waals surface area contributed by atoms with Gasteiger partial charge in [0.1, 0.15) is 0 Å². The van der Waals surface area contributed by atoms with Gasteiger partial charge in [0.25, 0.3) is 0 Å². The fourth-order valence-electron chi connectivity index (χ4n) is 3.24. The van der Waals surface area contributed by atoms with E-state index in [1.807, 2.05) is 12.1 Å². The summed E-state index contributed by atoms with van der Waals surface area (Å²) < 4.78 is 6.51. The van der Waals surface area contributed by atoms with E-state index in [1.54, 1.807) is 6.92 Å². The van der Waals surface area contributed by atoms with Gasteiger partial charge in [-0.05, 0) is 47.0 Å². The van der Waals surface area contributed by atoms with Gasteiger partial charge in [0.05, 0.1) is 25.0 Å². The highest BCUT2D eigenvalue weighted by molar-refractivity contribution is 9.10. The second-order valence-corrected chi connectivity index (χ2v) is 6.78. The van der Waals surface area contributed by atoms with Crippen LogP contribution in [0.1, 0.15) is 25.0 Å². The molecule has 2 unspecified atom stereocenters. The van der Waals surface area contributed by atoms with Gasteiger partial charge in [0.15, 0.2) is 0 Å². The van der Waals surface area contributed by atoms with Crippen LogP contribution < -0.4 is 4.90 Å². The molecule has 1 aromatic carbocycles. The molecule has 2 heterocycles. The minimum atomic E-state index is -0.421. The van der Waals surface area contributed by atoms with Crippen LogP contribution >= 0.6 is 15.9 Å². The highest BCUT2D eigenvalue weighted by atomic mass is 79.9. The van der Waals surface area contributed by atoms with E-state index in [0.717, 1.165) is 49.4 Å². The molecule has 2 saturated heterocycles. The van der Waals surface area contributed by atoms with Crippen molar-refractivity contribution < 1.29 is 9.84 Å². The van der Waals surface area contributed by atoms with Gasteiger partial charge in [-0.3, -0.25) is 4.90 Å². The quantitative estimate of drug-likeness (QED) is 0.904. The van der Waals surface area contributed by atoms with Gasteiger partial charge >= 0.3 is 0 Å². The number of hydrogen-bond donors (Lipinski definition) is 1. The van der Waals surface area contributed by atoms with Crippen molar-refractivity contribution in [3.8, 4) is 0 Å². The lowest BCUT2D eigenvalue weighted by molar-refractivity contribution is 0.0209. The summed E-state index contributed by atoms with van der Waals surface area (Å²) in [6.07, 6.45) is 0.792. The van der Waals surface area contributed by atoms with E-state index in [9.17, 15) is 5.11 Å². The van der Waals surface area contributed by atoms with E-state index in [0.29, 0.717) is 6.04 Å². The summed E-state index contributed by atoms with van der Waals surface area (Å²) in [5.41, 5.74) is 2.18. The molecule has 0 radical (unpaired) electrons. The smallest absolute Gasteiger partial charge is 0.0762 e. The molecular formula is C16H23BrN2O2. The van der Waals surface area contributed by atoms with E-state index in [2.05, 4.69) is 31.8 Å². The SMILES string of the molecule is CC(O)c1ccc(N2CCC(N3CCOCC3)C2)c(Br)c1. The molecule has 21 heavy (non-hydrogen) atoms. The lowest BCUT2D eigenvalue weighted by atomic mass is 10.1. The maximum Gasteiger partial charge on any atom is 0.0762 e. The first kappa shape index (κ1) is 15.3. The number of morpholine rings is 1. The maximum absolute atomic E-state index is 9.66. The summed E-state index contributed by atoms with van der Waals surface area (Å²) in [4.78, 5) is 5.00. The average Bonchev–Trinajstić information content (AvgIpc) is 2.97.